The van der Waals surface area contributed by atoms with Gasteiger partial charge >= 0.3 is 12.0 Å². The second kappa shape index (κ2) is 10.2. The van der Waals surface area contributed by atoms with E-state index in [4.69, 9.17) is 4.74 Å². The number of barbiturate groups is 1. The van der Waals surface area contributed by atoms with Gasteiger partial charge in [0.05, 0.1) is 17.3 Å². The largest absolute Gasteiger partial charge is 0.480 e. The number of benzene rings is 2. The summed E-state index contributed by atoms with van der Waals surface area (Å²) in [5, 5.41) is 2.11. The first-order valence-electron chi connectivity index (χ1n) is 9.55. The standard InChI is InChI=1S/C23H18BrFN2O6/c1-3-4-14-9-13(11-18(24)20(14)33-12-19(28)32-2)10-17-21(29)26-23(31)27(22(17)30)16-7-5-15(25)6-8-16/h3,5-11H,1,4,12H2,2H3,(H,26,29,31)/b17-10+. The Bertz CT molecular complexity index is 1180. The van der Waals surface area contributed by atoms with E-state index in [0.29, 0.717) is 27.8 Å². The van der Waals surface area contributed by atoms with Gasteiger partial charge in [-0.3, -0.25) is 14.9 Å². The van der Waals surface area contributed by atoms with E-state index in [1.165, 1.54) is 25.3 Å². The molecule has 0 unspecified atom stereocenters. The van der Waals surface area contributed by atoms with Gasteiger partial charge in [0, 0.05) is 0 Å². The van der Waals surface area contributed by atoms with Crippen molar-refractivity contribution >= 4 is 51.5 Å². The monoisotopic (exact) mass is 516 g/mol. The average molecular weight is 517 g/mol. The van der Waals surface area contributed by atoms with Crippen molar-refractivity contribution in [3.8, 4) is 5.75 Å². The molecule has 1 heterocycles. The Hall–Kier alpha value is -3.79. The third kappa shape index (κ3) is 5.35. The third-order valence-electron chi connectivity index (χ3n) is 4.57. The molecule has 0 aliphatic carbocycles. The highest BCUT2D eigenvalue weighted by Gasteiger charge is 2.36. The van der Waals surface area contributed by atoms with E-state index >= 15 is 0 Å². The molecule has 8 nitrogen and oxygen atoms in total. The van der Waals surface area contributed by atoms with Gasteiger partial charge in [-0.2, -0.15) is 0 Å². The van der Waals surface area contributed by atoms with Gasteiger partial charge in [-0.05, 0) is 76.0 Å². The number of carbonyl (C=O) groups is 4. The van der Waals surface area contributed by atoms with Crippen molar-refractivity contribution in [1.29, 1.82) is 0 Å². The number of allylic oxidation sites excluding steroid dienone is 1. The molecule has 0 atom stereocenters. The maximum atomic E-state index is 13.2. The number of anilines is 1. The zero-order valence-corrected chi connectivity index (χ0v) is 19.0. The van der Waals surface area contributed by atoms with Crippen molar-refractivity contribution in [3.63, 3.8) is 0 Å². The van der Waals surface area contributed by atoms with E-state index in [0.717, 1.165) is 17.0 Å². The van der Waals surface area contributed by atoms with E-state index in [-0.39, 0.29) is 17.9 Å². The molecule has 10 heteroatoms. The first-order valence-corrected chi connectivity index (χ1v) is 10.3. The summed E-state index contributed by atoms with van der Waals surface area (Å²) in [6.45, 7) is 3.39. The molecule has 2 aromatic rings. The highest BCUT2D eigenvalue weighted by molar-refractivity contribution is 9.10. The van der Waals surface area contributed by atoms with Crippen molar-refractivity contribution < 1.29 is 33.0 Å². The van der Waals surface area contributed by atoms with Crippen LogP contribution in [-0.4, -0.2) is 37.5 Å². The Morgan fingerprint density at radius 1 is 1.21 bits per heavy atom. The fraction of sp³-hybridized carbons (Fsp3) is 0.130. The summed E-state index contributed by atoms with van der Waals surface area (Å²) in [4.78, 5) is 49.9. The van der Waals surface area contributed by atoms with Gasteiger partial charge in [-0.1, -0.05) is 6.08 Å². The first kappa shape index (κ1) is 23.9. The van der Waals surface area contributed by atoms with Crippen molar-refractivity contribution in [1.82, 2.24) is 5.32 Å². The summed E-state index contributed by atoms with van der Waals surface area (Å²) in [6.07, 6.45) is 3.31. The predicted octanol–water partition coefficient (Wildman–Crippen LogP) is 3.53. The van der Waals surface area contributed by atoms with Crippen LogP contribution in [0.5, 0.6) is 5.75 Å². The van der Waals surface area contributed by atoms with Crippen LogP contribution in [0.2, 0.25) is 0 Å². The first-order chi connectivity index (χ1) is 15.7. The summed E-state index contributed by atoms with van der Waals surface area (Å²) in [5.41, 5.74) is 0.900. The van der Waals surface area contributed by atoms with Crippen LogP contribution in [0.1, 0.15) is 11.1 Å². The highest BCUT2D eigenvalue weighted by atomic mass is 79.9. The Morgan fingerprint density at radius 3 is 2.55 bits per heavy atom. The van der Waals surface area contributed by atoms with E-state index in [1.807, 2.05) is 0 Å². The number of rotatable bonds is 7. The predicted molar refractivity (Wildman–Crippen MR) is 121 cm³/mol. The third-order valence-corrected chi connectivity index (χ3v) is 5.16. The number of nitrogens with one attached hydrogen (secondary N) is 1. The summed E-state index contributed by atoms with van der Waals surface area (Å²) in [7, 11) is 1.24. The number of hydrogen-bond donors (Lipinski definition) is 1. The van der Waals surface area contributed by atoms with Crippen LogP contribution < -0.4 is 15.0 Å². The number of halogens is 2. The molecule has 3 rings (SSSR count). The minimum atomic E-state index is -0.936. The van der Waals surface area contributed by atoms with Crippen molar-refractivity contribution in [3.05, 3.63) is 76.0 Å². The lowest BCUT2D eigenvalue weighted by Gasteiger charge is -2.26. The Kier molecular flexibility index (Phi) is 7.39. The molecule has 0 saturated carbocycles. The lowest BCUT2D eigenvalue weighted by atomic mass is 10.0. The Balaban J connectivity index is 1.99. The highest BCUT2D eigenvalue weighted by Crippen LogP contribution is 2.33. The minimum Gasteiger partial charge on any atom is -0.480 e. The smallest absolute Gasteiger partial charge is 0.343 e. The molecule has 1 saturated heterocycles. The summed E-state index contributed by atoms with van der Waals surface area (Å²) >= 11 is 3.37. The van der Waals surface area contributed by atoms with Crippen molar-refractivity contribution in [2.24, 2.45) is 0 Å². The van der Waals surface area contributed by atoms with Crippen LogP contribution in [0.15, 0.2) is 59.1 Å². The van der Waals surface area contributed by atoms with Crippen LogP contribution in [0.25, 0.3) is 6.08 Å². The Morgan fingerprint density at radius 2 is 1.91 bits per heavy atom. The summed E-state index contributed by atoms with van der Waals surface area (Å²) in [5.74, 6) is -2.44. The molecule has 1 N–H and O–H groups in total. The number of amides is 4. The van der Waals surface area contributed by atoms with Crippen LogP contribution in [-0.2, 0) is 25.5 Å². The minimum absolute atomic E-state index is 0.109. The molecule has 170 valence electrons. The van der Waals surface area contributed by atoms with E-state index < -0.39 is 29.6 Å². The molecule has 33 heavy (non-hydrogen) atoms. The number of nitrogens with zero attached hydrogens (tertiary/aromatic N) is 1. The topological polar surface area (TPSA) is 102 Å². The van der Waals surface area contributed by atoms with Gasteiger partial charge in [0.2, 0.25) is 0 Å². The normalized spacial score (nSPS) is 14.8. The quantitative estimate of drug-likeness (QED) is 0.261. The van der Waals surface area contributed by atoms with Crippen molar-refractivity contribution in [2.75, 3.05) is 18.6 Å². The maximum absolute atomic E-state index is 13.2. The number of imide groups is 2. The second-order valence-electron chi connectivity index (χ2n) is 6.78. The van der Waals surface area contributed by atoms with Gasteiger partial charge in [-0.15, -0.1) is 6.58 Å². The fourth-order valence-electron chi connectivity index (χ4n) is 3.06. The average Bonchev–Trinajstić information content (AvgIpc) is 2.77. The maximum Gasteiger partial charge on any atom is 0.343 e. The zero-order chi connectivity index (χ0) is 24.1. The molecule has 0 radical (unpaired) electrons. The van der Waals surface area contributed by atoms with Gasteiger partial charge in [0.25, 0.3) is 11.8 Å². The molecule has 0 aromatic heterocycles. The molecule has 4 amide bonds. The molecule has 0 bridgehead atoms. The SMILES string of the molecule is C=CCc1cc(/C=C2\C(=O)NC(=O)N(c3ccc(F)cc3)C2=O)cc(Br)c1OCC(=O)OC. The molecule has 0 spiro atoms. The number of methoxy groups -OCH3 is 1. The lowest BCUT2D eigenvalue weighted by molar-refractivity contribution is -0.143. The van der Waals surface area contributed by atoms with Crippen LogP contribution in [0.4, 0.5) is 14.9 Å². The van der Waals surface area contributed by atoms with Crippen LogP contribution in [0.3, 0.4) is 0 Å². The van der Waals surface area contributed by atoms with Gasteiger partial charge < -0.3 is 9.47 Å². The number of ether oxygens (including phenoxy) is 2. The number of urea groups is 1. The van der Waals surface area contributed by atoms with E-state index in [1.54, 1.807) is 18.2 Å². The van der Waals surface area contributed by atoms with E-state index in [2.05, 4.69) is 32.6 Å². The van der Waals surface area contributed by atoms with Gasteiger partial charge in [0.1, 0.15) is 17.1 Å². The number of hydrogen-bond acceptors (Lipinski definition) is 6. The van der Waals surface area contributed by atoms with E-state index in [9.17, 15) is 23.6 Å². The van der Waals surface area contributed by atoms with Gasteiger partial charge in [-0.25, -0.2) is 18.9 Å². The lowest BCUT2D eigenvalue weighted by Crippen LogP contribution is -2.54. The molecular formula is C23H18BrFN2O6. The molecule has 1 fully saturated rings. The Labute approximate surface area is 196 Å². The summed E-state index contributed by atoms with van der Waals surface area (Å²) < 4.78 is 23.8. The molecule has 1 aliphatic rings. The summed E-state index contributed by atoms with van der Waals surface area (Å²) in [6, 6.07) is 7.02. The van der Waals surface area contributed by atoms with Crippen LogP contribution >= 0.6 is 15.9 Å². The second-order valence-corrected chi connectivity index (χ2v) is 7.64. The zero-order valence-electron chi connectivity index (χ0n) is 17.4. The van der Waals surface area contributed by atoms with Crippen molar-refractivity contribution in [2.45, 2.75) is 6.42 Å². The number of esters is 1. The van der Waals surface area contributed by atoms with Gasteiger partial charge in [0.15, 0.2) is 6.61 Å². The molecular weight excluding hydrogens is 499 g/mol. The fourth-order valence-corrected chi connectivity index (χ4v) is 3.70. The number of carbonyl (C=O) groups excluding carboxylic acids is 4. The molecule has 1 aliphatic heterocycles. The molecule has 2 aromatic carbocycles. The van der Waals surface area contributed by atoms with Crippen LogP contribution in [0, 0.1) is 5.82 Å².